The van der Waals surface area contributed by atoms with Crippen molar-refractivity contribution in [2.75, 3.05) is 7.05 Å². The zero-order chi connectivity index (χ0) is 13.2. The molecule has 0 spiro atoms. The number of halogens is 2. The summed E-state index contributed by atoms with van der Waals surface area (Å²) in [5, 5.41) is 14.2. The fourth-order valence-corrected chi connectivity index (χ4v) is 4.06. The molecular weight excluding hydrogens is 287 g/mol. The number of benzene rings is 1. The molecule has 1 saturated carbocycles. The third-order valence-electron chi connectivity index (χ3n) is 3.35. The van der Waals surface area contributed by atoms with E-state index in [-0.39, 0.29) is 5.54 Å². The Bertz CT molecular complexity index is 486. The van der Waals surface area contributed by atoms with Crippen LogP contribution < -0.4 is 5.32 Å². The van der Waals surface area contributed by atoms with Gasteiger partial charge in [-0.05, 0) is 44.5 Å². The first-order valence-electron chi connectivity index (χ1n) is 5.80. The summed E-state index contributed by atoms with van der Waals surface area (Å²) in [6.45, 7) is 0. The van der Waals surface area contributed by atoms with Gasteiger partial charge in [-0.3, -0.25) is 0 Å². The van der Waals surface area contributed by atoms with E-state index in [9.17, 15) is 5.26 Å². The molecule has 0 aromatic heterocycles. The molecule has 5 heteroatoms. The fraction of sp³-hybridized carbons (Fsp3) is 0.462. The number of nitrogens with zero attached hydrogens (tertiary/aromatic N) is 1. The monoisotopic (exact) mass is 300 g/mol. The largest absolute Gasteiger partial charge is 0.302 e. The van der Waals surface area contributed by atoms with Gasteiger partial charge in [-0.25, -0.2) is 0 Å². The summed E-state index contributed by atoms with van der Waals surface area (Å²) in [5.74, 6) is 0. The molecule has 96 valence electrons. The van der Waals surface area contributed by atoms with E-state index in [1.807, 2.05) is 19.2 Å². The summed E-state index contributed by atoms with van der Waals surface area (Å²) in [4.78, 5) is 0.999. The van der Waals surface area contributed by atoms with Crippen LogP contribution in [-0.4, -0.2) is 17.8 Å². The Hall–Kier alpha value is -0.400. The van der Waals surface area contributed by atoms with Gasteiger partial charge in [-0.1, -0.05) is 23.2 Å². The Morgan fingerprint density at radius 3 is 2.89 bits per heavy atom. The van der Waals surface area contributed by atoms with E-state index < -0.39 is 0 Å². The van der Waals surface area contributed by atoms with Crippen molar-refractivity contribution in [2.45, 2.75) is 34.9 Å². The van der Waals surface area contributed by atoms with Crippen LogP contribution in [0.5, 0.6) is 0 Å². The highest BCUT2D eigenvalue weighted by molar-refractivity contribution is 8.00. The minimum atomic E-state index is -0.372. The van der Waals surface area contributed by atoms with Gasteiger partial charge in [0.1, 0.15) is 5.54 Å². The van der Waals surface area contributed by atoms with Crippen LogP contribution >= 0.6 is 35.0 Å². The average Bonchev–Trinajstić information content (AvgIpc) is 2.78. The standard InChI is InChI=1S/C13H14Cl2N2S/c1-17-13(8-16)5-4-10(7-13)18-12-6-9(14)2-3-11(12)15/h2-3,6,10,17H,4-5,7H2,1H3. The van der Waals surface area contributed by atoms with Crippen LogP contribution in [0.2, 0.25) is 10.0 Å². The van der Waals surface area contributed by atoms with Gasteiger partial charge in [-0.15, -0.1) is 11.8 Å². The SMILES string of the molecule is CNC1(C#N)CCC(Sc2cc(Cl)ccc2Cl)C1. The average molecular weight is 301 g/mol. The van der Waals surface area contributed by atoms with Gasteiger partial charge in [0, 0.05) is 15.2 Å². The molecule has 0 radical (unpaired) electrons. The highest BCUT2D eigenvalue weighted by Crippen LogP contribution is 2.42. The van der Waals surface area contributed by atoms with E-state index in [1.165, 1.54) is 0 Å². The third kappa shape index (κ3) is 2.95. The van der Waals surface area contributed by atoms with E-state index in [2.05, 4.69) is 11.4 Å². The van der Waals surface area contributed by atoms with Crippen molar-refractivity contribution in [2.24, 2.45) is 0 Å². The fourth-order valence-electron chi connectivity index (χ4n) is 2.23. The predicted molar refractivity (Wildman–Crippen MR) is 77.4 cm³/mol. The van der Waals surface area contributed by atoms with Crippen LogP contribution in [0.25, 0.3) is 0 Å². The first-order chi connectivity index (χ1) is 8.58. The lowest BCUT2D eigenvalue weighted by atomic mass is 10.0. The Labute approximate surface area is 122 Å². The first kappa shape index (κ1) is 14.0. The number of rotatable bonds is 3. The second-order valence-corrected chi connectivity index (χ2v) is 6.69. The predicted octanol–water partition coefficient (Wildman–Crippen LogP) is 4.12. The zero-order valence-electron chi connectivity index (χ0n) is 10.0. The molecule has 1 aromatic rings. The topological polar surface area (TPSA) is 35.8 Å². The molecule has 0 amide bonds. The van der Waals surface area contributed by atoms with Crippen LogP contribution in [0.1, 0.15) is 19.3 Å². The second kappa shape index (κ2) is 5.71. The summed E-state index contributed by atoms with van der Waals surface area (Å²) < 4.78 is 0. The van der Waals surface area contributed by atoms with E-state index in [0.29, 0.717) is 10.3 Å². The maximum atomic E-state index is 9.23. The normalized spacial score (nSPS) is 27.1. The number of nitrogens with one attached hydrogen (secondary N) is 1. The minimum Gasteiger partial charge on any atom is -0.302 e. The van der Waals surface area contributed by atoms with Crippen LogP contribution in [0.15, 0.2) is 23.1 Å². The molecule has 2 nitrogen and oxygen atoms in total. The second-order valence-electron chi connectivity index (χ2n) is 4.50. The lowest BCUT2D eigenvalue weighted by Gasteiger charge is -2.19. The summed E-state index contributed by atoms with van der Waals surface area (Å²) in [5.41, 5.74) is -0.372. The van der Waals surface area contributed by atoms with E-state index in [1.54, 1.807) is 17.8 Å². The number of hydrogen-bond donors (Lipinski definition) is 1. The molecule has 2 rings (SSSR count). The Morgan fingerprint density at radius 1 is 1.50 bits per heavy atom. The van der Waals surface area contributed by atoms with Crippen molar-refractivity contribution in [3.63, 3.8) is 0 Å². The van der Waals surface area contributed by atoms with E-state index in [0.717, 1.165) is 29.2 Å². The molecule has 1 aromatic carbocycles. The van der Waals surface area contributed by atoms with Crippen molar-refractivity contribution in [1.82, 2.24) is 5.32 Å². The Balaban J connectivity index is 2.08. The molecule has 2 unspecified atom stereocenters. The molecule has 0 saturated heterocycles. The lowest BCUT2D eigenvalue weighted by Crippen LogP contribution is -2.38. The van der Waals surface area contributed by atoms with Crippen molar-refractivity contribution in [3.8, 4) is 6.07 Å². The highest BCUT2D eigenvalue weighted by Gasteiger charge is 2.38. The molecule has 2 atom stereocenters. The lowest BCUT2D eigenvalue weighted by molar-refractivity contribution is 0.464. The first-order valence-corrected chi connectivity index (χ1v) is 7.44. The Kier molecular flexibility index (Phi) is 4.45. The van der Waals surface area contributed by atoms with Crippen molar-refractivity contribution in [3.05, 3.63) is 28.2 Å². The van der Waals surface area contributed by atoms with Gasteiger partial charge in [0.25, 0.3) is 0 Å². The summed E-state index contributed by atoms with van der Waals surface area (Å²) in [7, 11) is 1.85. The van der Waals surface area contributed by atoms with Crippen LogP contribution in [-0.2, 0) is 0 Å². The maximum Gasteiger partial charge on any atom is 0.107 e. The molecule has 0 heterocycles. The molecule has 0 aliphatic heterocycles. The van der Waals surface area contributed by atoms with E-state index in [4.69, 9.17) is 23.2 Å². The van der Waals surface area contributed by atoms with Crippen LogP contribution in [0.3, 0.4) is 0 Å². The van der Waals surface area contributed by atoms with Gasteiger partial charge in [0.15, 0.2) is 0 Å². The van der Waals surface area contributed by atoms with Gasteiger partial charge in [0.05, 0.1) is 11.1 Å². The molecule has 1 fully saturated rings. The van der Waals surface area contributed by atoms with Crippen molar-refractivity contribution >= 4 is 35.0 Å². The minimum absolute atomic E-state index is 0.372. The van der Waals surface area contributed by atoms with Crippen LogP contribution in [0.4, 0.5) is 0 Å². The molecular formula is C13H14Cl2N2S. The smallest absolute Gasteiger partial charge is 0.107 e. The van der Waals surface area contributed by atoms with Gasteiger partial charge in [-0.2, -0.15) is 5.26 Å². The van der Waals surface area contributed by atoms with Crippen molar-refractivity contribution < 1.29 is 0 Å². The summed E-state index contributed by atoms with van der Waals surface area (Å²) in [6, 6.07) is 7.88. The van der Waals surface area contributed by atoms with Gasteiger partial charge < -0.3 is 5.32 Å². The molecule has 1 aliphatic carbocycles. The number of nitriles is 1. The number of hydrogen-bond acceptors (Lipinski definition) is 3. The molecule has 0 bridgehead atoms. The highest BCUT2D eigenvalue weighted by atomic mass is 35.5. The quantitative estimate of drug-likeness (QED) is 0.912. The maximum absolute atomic E-state index is 9.23. The zero-order valence-corrected chi connectivity index (χ0v) is 12.4. The third-order valence-corrected chi connectivity index (χ3v) is 5.35. The van der Waals surface area contributed by atoms with E-state index >= 15 is 0 Å². The summed E-state index contributed by atoms with van der Waals surface area (Å²) >= 11 is 13.8. The van der Waals surface area contributed by atoms with Gasteiger partial charge in [0.2, 0.25) is 0 Å². The summed E-state index contributed by atoms with van der Waals surface area (Å²) in [6.07, 6.45) is 2.74. The van der Waals surface area contributed by atoms with Crippen LogP contribution in [0, 0.1) is 11.3 Å². The number of thioether (sulfide) groups is 1. The van der Waals surface area contributed by atoms with Crippen molar-refractivity contribution in [1.29, 1.82) is 5.26 Å². The van der Waals surface area contributed by atoms with Gasteiger partial charge >= 0.3 is 0 Å². The molecule has 1 N–H and O–H groups in total. The molecule has 18 heavy (non-hydrogen) atoms. The molecule has 1 aliphatic rings. The Morgan fingerprint density at radius 2 is 2.28 bits per heavy atom.